The summed E-state index contributed by atoms with van der Waals surface area (Å²) >= 11 is 0. The van der Waals surface area contributed by atoms with Crippen LogP contribution in [0.25, 0.3) is 33.5 Å². The minimum Gasteiger partial charge on any atom is -0.477 e. The molecule has 5 rings (SSSR count). The van der Waals surface area contributed by atoms with Crippen LogP contribution in [0.5, 0.6) is 0 Å². The molecule has 0 spiro atoms. The Kier molecular flexibility index (Phi) is 6.31. The van der Waals surface area contributed by atoms with E-state index in [0.717, 1.165) is 35.1 Å². The number of aromatic carboxylic acids is 1. The molecule has 3 aromatic heterocycles. The second-order valence-corrected chi connectivity index (χ2v) is 8.37. The lowest BCUT2D eigenvalue weighted by atomic mass is 9.98. The number of hydrogen-bond acceptors (Lipinski definition) is 7. The van der Waals surface area contributed by atoms with E-state index in [0.29, 0.717) is 30.0 Å². The zero-order valence-electron chi connectivity index (χ0n) is 19.5. The van der Waals surface area contributed by atoms with E-state index >= 15 is 0 Å². The van der Waals surface area contributed by atoms with Crippen LogP contribution in [-0.2, 0) is 13.0 Å². The Morgan fingerprint density at radius 1 is 1.00 bits per heavy atom. The van der Waals surface area contributed by atoms with Crippen molar-refractivity contribution in [1.29, 1.82) is 0 Å². The van der Waals surface area contributed by atoms with E-state index in [1.54, 1.807) is 4.57 Å². The molecule has 2 N–H and O–H groups in total. The van der Waals surface area contributed by atoms with Gasteiger partial charge in [0.2, 0.25) is 5.82 Å². The van der Waals surface area contributed by atoms with Gasteiger partial charge in [-0.25, -0.2) is 14.8 Å². The summed E-state index contributed by atoms with van der Waals surface area (Å²) in [6.07, 6.45) is 2.38. The molecule has 0 saturated carbocycles. The number of nitrogens with zero attached hydrogens (tertiary/aromatic N) is 6. The molecule has 0 fully saturated rings. The first-order chi connectivity index (χ1) is 17.5. The van der Waals surface area contributed by atoms with Gasteiger partial charge in [0.05, 0.1) is 11.9 Å². The van der Waals surface area contributed by atoms with E-state index in [1.807, 2.05) is 48.5 Å². The summed E-state index contributed by atoms with van der Waals surface area (Å²) in [7, 11) is 0. The second kappa shape index (κ2) is 9.87. The highest BCUT2D eigenvalue weighted by Crippen LogP contribution is 2.29. The molecule has 10 nitrogen and oxygen atoms in total. The Labute approximate surface area is 205 Å². The maximum Gasteiger partial charge on any atom is 0.354 e. The van der Waals surface area contributed by atoms with Gasteiger partial charge in [-0.3, -0.25) is 9.36 Å². The molecule has 0 unspecified atom stereocenters. The van der Waals surface area contributed by atoms with Crippen molar-refractivity contribution in [2.24, 2.45) is 0 Å². The van der Waals surface area contributed by atoms with Gasteiger partial charge in [0, 0.05) is 12.0 Å². The molecule has 0 aliphatic rings. The van der Waals surface area contributed by atoms with Gasteiger partial charge in [-0.15, -0.1) is 10.2 Å². The van der Waals surface area contributed by atoms with Crippen LogP contribution in [0.4, 0.5) is 0 Å². The highest BCUT2D eigenvalue weighted by atomic mass is 16.4. The van der Waals surface area contributed by atoms with E-state index < -0.39 is 5.97 Å². The predicted molar refractivity (Wildman–Crippen MR) is 134 cm³/mol. The first-order valence-electron chi connectivity index (χ1n) is 11.6. The molecule has 2 aromatic carbocycles. The number of hydrogen-bond donors (Lipinski definition) is 2. The predicted octanol–water partition coefficient (Wildman–Crippen LogP) is 3.73. The summed E-state index contributed by atoms with van der Waals surface area (Å²) in [4.78, 5) is 33.4. The number of benzene rings is 2. The van der Waals surface area contributed by atoms with Gasteiger partial charge in [-0.2, -0.15) is 5.21 Å². The number of H-pyrrole nitrogens is 1. The number of tetrazole rings is 1. The van der Waals surface area contributed by atoms with E-state index in [-0.39, 0.29) is 16.9 Å². The summed E-state index contributed by atoms with van der Waals surface area (Å²) in [6.45, 7) is 2.41. The molecule has 36 heavy (non-hydrogen) atoms. The fourth-order valence-electron chi connectivity index (χ4n) is 4.13. The van der Waals surface area contributed by atoms with Gasteiger partial charge in [0.25, 0.3) is 5.56 Å². The third-order valence-corrected chi connectivity index (χ3v) is 5.99. The molecule has 0 saturated heterocycles. The summed E-state index contributed by atoms with van der Waals surface area (Å²) in [6, 6.07) is 18.6. The fourth-order valence-corrected chi connectivity index (χ4v) is 4.13. The van der Waals surface area contributed by atoms with Crippen molar-refractivity contribution in [2.75, 3.05) is 0 Å². The molecule has 0 radical (unpaired) electrons. The number of carboxylic acid groups (broad SMARTS) is 1. The van der Waals surface area contributed by atoms with Gasteiger partial charge < -0.3 is 5.11 Å². The van der Waals surface area contributed by atoms with Crippen molar-refractivity contribution < 1.29 is 9.90 Å². The van der Waals surface area contributed by atoms with Crippen molar-refractivity contribution in [3.63, 3.8) is 0 Å². The topological polar surface area (TPSA) is 140 Å². The Morgan fingerprint density at radius 2 is 1.78 bits per heavy atom. The monoisotopic (exact) mass is 481 g/mol. The average molecular weight is 482 g/mol. The van der Waals surface area contributed by atoms with Gasteiger partial charge in [-0.1, -0.05) is 61.9 Å². The Balaban J connectivity index is 1.51. The van der Waals surface area contributed by atoms with Crippen LogP contribution in [0.2, 0.25) is 0 Å². The Morgan fingerprint density at radius 3 is 2.47 bits per heavy atom. The molecule has 5 aromatic rings. The highest BCUT2D eigenvalue weighted by molar-refractivity contribution is 5.88. The number of aryl methyl sites for hydroxylation is 1. The third-order valence-electron chi connectivity index (χ3n) is 5.99. The maximum atomic E-state index is 13.4. The standard InChI is InChI=1S/C26H23N7O3/c1-2-3-8-22-28-23-20(13-14-21(27-23)26(35)36)25(34)33(22)15-16-9-11-17(12-10-16)18-6-4-5-7-19(18)24-29-31-32-30-24/h4-7,9-14H,2-3,8,15H2,1H3,(H,35,36)(H,29,30,31,32). The second-order valence-electron chi connectivity index (χ2n) is 8.37. The number of carbonyl (C=O) groups is 1. The molecule has 0 aliphatic heterocycles. The zero-order chi connectivity index (χ0) is 25.1. The van der Waals surface area contributed by atoms with Crippen LogP contribution in [0.15, 0.2) is 65.5 Å². The average Bonchev–Trinajstić information content (AvgIpc) is 3.44. The first-order valence-corrected chi connectivity index (χ1v) is 11.6. The van der Waals surface area contributed by atoms with Crippen molar-refractivity contribution in [3.8, 4) is 22.5 Å². The summed E-state index contributed by atoms with van der Waals surface area (Å²) in [5, 5.41) is 23.9. The van der Waals surface area contributed by atoms with Crippen LogP contribution in [-0.4, -0.2) is 46.2 Å². The van der Waals surface area contributed by atoms with Crippen molar-refractivity contribution >= 4 is 17.0 Å². The van der Waals surface area contributed by atoms with E-state index in [4.69, 9.17) is 0 Å². The van der Waals surface area contributed by atoms with Gasteiger partial charge >= 0.3 is 5.97 Å². The SMILES string of the molecule is CCCCc1nc2nc(C(=O)O)ccc2c(=O)n1Cc1ccc(-c2ccccc2-c2nn[nH]n2)cc1. The van der Waals surface area contributed by atoms with Crippen LogP contribution >= 0.6 is 0 Å². The molecule has 0 aliphatic carbocycles. The minimum absolute atomic E-state index is 0.134. The van der Waals surface area contributed by atoms with E-state index in [9.17, 15) is 14.7 Å². The van der Waals surface area contributed by atoms with Gasteiger partial charge in [0.1, 0.15) is 5.82 Å². The Hall–Kier alpha value is -4.73. The number of fused-ring (bicyclic) bond motifs is 1. The normalized spacial score (nSPS) is 11.1. The van der Waals surface area contributed by atoms with Crippen molar-refractivity contribution in [1.82, 2.24) is 35.2 Å². The first kappa shape index (κ1) is 23.0. The number of carboxylic acids is 1. The molecule has 10 heteroatoms. The lowest BCUT2D eigenvalue weighted by Gasteiger charge is -2.14. The molecule has 3 heterocycles. The lowest BCUT2D eigenvalue weighted by Crippen LogP contribution is -2.26. The molecule has 0 atom stereocenters. The smallest absolute Gasteiger partial charge is 0.354 e. The molecule has 180 valence electrons. The van der Waals surface area contributed by atoms with E-state index in [2.05, 4.69) is 37.5 Å². The summed E-state index contributed by atoms with van der Waals surface area (Å²) in [5.41, 5.74) is 3.55. The quantitative estimate of drug-likeness (QED) is 0.342. The Bertz CT molecular complexity index is 1590. The maximum absolute atomic E-state index is 13.4. The van der Waals surface area contributed by atoms with Gasteiger partial charge in [-0.05, 0) is 40.5 Å². The number of aromatic nitrogens is 7. The van der Waals surface area contributed by atoms with Crippen molar-refractivity contribution in [3.05, 3.63) is 88.1 Å². The molecular weight excluding hydrogens is 458 g/mol. The minimum atomic E-state index is -1.15. The summed E-state index contributed by atoms with van der Waals surface area (Å²) in [5.74, 6) is -0.0430. The van der Waals surface area contributed by atoms with Crippen LogP contribution in [0.1, 0.15) is 41.6 Å². The number of pyridine rings is 1. The fraction of sp³-hybridized carbons (Fsp3) is 0.192. The van der Waals surface area contributed by atoms with Crippen LogP contribution in [0.3, 0.4) is 0 Å². The van der Waals surface area contributed by atoms with Crippen molar-refractivity contribution in [2.45, 2.75) is 32.7 Å². The molecule has 0 bridgehead atoms. The number of rotatable bonds is 8. The van der Waals surface area contributed by atoms with Crippen LogP contribution in [0, 0.1) is 0 Å². The largest absolute Gasteiger partial charge is 0.477 e. The van der Waals surface area contributed by atoms with Crippen LogP contribution < -0.4 is 5.56 Å². The molecule has 0 amide bonds. The summed E-state index contributed by atoms with van der Waals surface area (Å²) < 4.78 is 1.66. The lowest BCUT2D eigenvalue weighted by molar-refractivity contribution is 0.0691. The molecular formula is C26H23N7O3. The highest BCUT2D eigenvalue weighted by Gasteiger charge is 2.15. The zero-order valence-corrected chi connectivity index (χ0v) is 19.5. The third kappa shape index (κ3) is 4.48. The number of aromatic amines is 1. The van der Waals surface area contributed by atoms with Gasteiger partial charge in [0.15, 0.2) is 11.3 Å². The van der Waals surface area contributed by atoms with E-state index in [1.165, 1.54) is 12.1 Å². The number of unbranched alkanes of at least 4 members (excludes halogenated alkanes) is 1. The number of nitrogens with one attached hydrogen (secondary N) is 1.